The Bertz CT molecular complexity index is 1260. The highest BCUT2D eigenvalue weighted by Gasteiger charge is 2.20. The number of hydrogen-bond donors (Lipinski definition) is 2. The summed E-state index contributed by atoms with van der Waals surface area (Å²) in [5.41, 5.74) is 0.592. The zero-order valence-corrected chi connectivity index (χ0v) is 17.9. The van der Waals surface area contributed by atoms with Gasteiger partial charge in [-0.25, -0.2) is 0 Å². The first-order chi connectivity index (χ1) is 15.5. The number of hydrogen-bond acceptors (Lipinski definition) is 5. The van der Waals surface area contributed by atoms with Crippen LogP contribution >= 0.6 is 0 Å². The molecule has 0 aliphatic carbocycles. The van der Waals surface area contributed by atoms with E-state index in [1.807, 2.05) is 49.4 Å². The number of aryl methyl sites for hydroxylation is 1. The third-order valence-electron chi connectivity index (χ3n) is 4.93. The second-order valence-corrected chi connectivity index (χ2v) is 7.30. The minimum Gasteiger partial charge on any atom is -0.486 e. The molecule has 0 fully saturated rings. The molecule has 2 heterocycles. The van der Waals surface area contributed by atoms with Gasteiger partial charge in [0.2, 0.25) is 0 Å². The number of furan rings is 1. The lowest BCUT2D eigenvalue weighted by molar-refractivity contribution is 0.0945. The molecule has 0 bridgehead atoms. The molecule has 8 heteroatoms. The van der Waals surface area contributed by atoms with Crippen LogP contribution in [0.25, 0.3) is 10.8 Å². The molecule has 0 unspecified atom stereocenters. The van der Waals surface area contributed by atoms with Crippen LogP contribution in [0.15, 0.2) is 65.2 Å². The molecule has 0 saturated carbocycles. The minimum atomic E-state index is -0.473. The van der Waals surface area contributed by atoms with Crippen LogP contribution < -0.4 is 15.4 Å². The van der Waals surface area contributed by atoms with Gasteiger partial charge in [0.15, 0.2) is 5.76 Å². The number of amides is 2. The van der Waals surface area contributed by atoms with Gasteiger partial charge in [-0.2, -0.15) is 5.10 Å². The molecule has 2 aromatic carbocycles. The Morgan fingerprint density at radius 1 is 1.06 bits per heavy atom. The maximum atomic E-state index is 12.6. The van der Waals surface area contributed by atoms with Crippen LogP contribution in [0.5, 0.6) is 5.75 Å². The highest BCUT2D eigenvalue weighted by atomic mass is 16.5. The lowest BCUT2D eigenvalue weighted by atomic mass is 10.1. The molecule has 164 valence electrons. The SMILES string of the molecule is CCCNC(=O)c1c(NC(=O)c2ccc(COc3ccc4ccccc4c3)o2)cnn1C. The van der Waals surface area contributed by atoms with Crippen molar-refractivity contribution in [2.24, 2.45) is 7.05 Å². The smallest absolute Gasteiger partial charge is 0.291 e. The van der Waals surface area contributed by atoms with Crippen molar-refractivity contribution in [2.45, 2.75) is 20.0 Å². The predicted octanol–water partition coefficient (Wildman–Crippen LogP) is 4.14. The minimum absolute atomic E-state index is 0.117. The van der Waals surface area contributed by atoms with Gasteiger partial charge in [0.05, 0.1) is 11.9 Å². The molecule has 0 aliphatic rings. The summed E-state index contributed by atoms with van der Waals surface area (Å²) in [5, 5.41) is 11.8. The van der Waals surface area contributed by atoms with E-state index in [2.05, 4.69) is 15.7 Å². The number of carbonyl (C=O) groups is 2. The Kier molecular flexibility index (Phi) is 6.21. The molecule has 2 aromatic heterocycles. The van der Waals surface area contributed by atoms with Crippen LogP contribution in [0.1, 0.15) is 40.1 Å². The number of nitrogens with one attached hydrogen (secondary N) is 2. The average molecular weight is 432 g/mol. The molecule has 0 spiro atoms. The highest BCUT2D eigenvalue weighted by Crippen LogP contribution is 2.22. The van der Waals surface area contributed by atoms with E-state index in [9.17, 15) is 9.59 Å². The molecule has 4 aromatic rings. The summed E-state index contributed by atoms with van der Waals surface area (Å²) >= 11 is 0. The van der Waals surface area contributed by atoms with Gasteiger partial charge >= 0.3 is 0 Å². The topological polar surface area (TPSA) is 98.4 Å². The molecule has 8 nitrogen and oxygen atoms in total. The van der Waals surface area contributed by atoms with Crippen LogP contribution in [0.4, 0.5) is 5.69 Å². The molecule has 2 N–H and O–H groups in total. The largest absolute Gasteiger partial charge is 0.486 e. The van der Waals surface area contributed by atoms with Crippen molar-refractivity contribution in [1.82, 2.24) is 15.1 Å². The average Bonchev–Trinajstić information content (AvgIpc) is 3.42. The fourth-order valence-corrected chi connectivity index (χ4v) is 3.29. The van der Waals surface area contributed by atoms with Crippen molar-refractivity contribution in [3.63, 3.8) is 0 Å². The Labute approximate surface area is 185 Å². The van der Waals surface area contributed by atoms with E-state index in [-0.39, 0.29) is 24.0 Å². The van der Waals surface area contributed by atoms with Gasteiger partial charge < -0.3 is 19.8 Å². The molecule has 32 heavy (non-hydrogen) atoms. The first-order valence-electron chi connectivity index (χ1n) is 10.4. The zero-order chi connectivity index (χ0) is 22.5. The second-order valence-electron chi connectivity index (χ2n) is 7.30. The molecule has 2 amide bonds. The van der Waals surface area contributed by atoms with Gasteiger partial charge in [-0.1, -0.05) is 37.3 Å². The summed E-state index contributed by atoms with van der Waals surface area (Å²) < 4.78 is 12.9. The van der Waals surface area contributed by atoms with Crippen LogP contribution in [-0.2, 0) is 13.7 Å². The van der Waals surface area contributed by atoms with Crippen LogP contribution in [0.2, 0.25) is 0 Å². The van der Waals surface area contributed by atoms with Crippen LogP contribution in [0.3, 0.4) is 0 Å². The molecule has 0 aliphatic heterocycles. The van der Waals surface area contributed by atoms with E-state index in [0.717, 1.165) is 17.2 Å². The van der Waals surface area contributed by atoms with Gasteiger partial charge in [-0.3, -0.25) is 14.3 Å². The number of fused-ring (bicyclic) bond motifs is 1. The number of anilines is 1. The molecule has 0 atom stereocenters. The first-order valence-corrected chi connectivity index (χ1v) is 10.4. The van der Waals surface area contributed by atoms with E-state index >= 15 is 0 Å². The van der Waals surface area contributed by atoms with Crippen LogP contribution in [-0.4, -0.2) is 28.1 Å². The molecular weight excluding hydrogens is 408 g/mol. The van der Waals surface area contributed by atoms with Crippen molar-refractivity contribution in [2.75, 3.05) is 11.9 Å². The van der Waals surface area contributed by atoms with E-state index in [1.165, 1.54) is 10.9 Å². The molecular formula is C24H24N4O4. The first kappa shape index (κ1) is 21.2. The molecule has 4 rings (SSSR count). The standard InChI is InChI=1S/C24H24N4O4/c1-3-12-25-24(30)22-20(14-26-28(22)2)27-23(29)21-11-10-19(32-21)15-31-18-9-8-16-6-4-5-7-17(16)13-18/h4-11,13-14H,3,12,15H2,1-2H3,(H,25,30)(H,27,29). The Morgan fingerprint density at radius 2 is 1.88 bits per heavy atom. The highest BCUT2D eigenvalue weighted by molar-refractivity contribution is 6.07. The summed E-state index contributed by atoms with van der Waals surface area (Å²) in [6.45, 7) is 2.68. The van der Waals surface area contributed by atoms with E-state index in [0.29, 0.717) is 23.7 Å². The number of rotatable bonds is 8. The normalized spacial score (nSPS) is 10.8. The van der Waals surface area contributed by atoms with Gasteiger partial charge in [0.1, 0.15) is 23.8 Å². The van der Waals surface area contributed by atoms with Gasteiger partial charge in [-0.15, -0.1) is 0 Å². The third kappa shape index (κ3) is 4.64. The van der Waals surface area contributed by atoms with E-state index in [4.69, 9.17) is 9.15 Å². The molecule has 0 radical (unpaired) electrons. The third-order valence-corrected chi connectivity index (χ3v) is 4.93. The van der Waals surface area contributed by atoms with Gasteiger partial charge in [-0.05, 0) is 41.5 Å². The number of nitrogens with zero attached hydrogens (tertiary/aromatic N) is 2. The summed E-state index contributed by atoms with van der Waals surface area (Å²) in [6.07, 6.45) is 2.24. The quantitative estimate of drug-likeness (QED) is 0.436. The number of benzene rings is 2. The van der Waals surface area contributed by atoms with Crippen LogP contribution in [0, 0.1) is 0 Å². The van der Waals surface area contributed by atoms with Gasteiger partial charge in [0.25, 0.3) is 11.8 Å². The predicted molar refractivity (Wildman–Crippen MR) is 121 cm³/mol. The van der Waals surface area contributed by atoms with Crippen molar-refractivity contribution < 1.29 is 18.7 Å². The van der Waals surface area contributed by atoms with Crippen molar-refractivity contribution >= 4 is 28.3 Å². The fourth-order valence-electron chi connectivity index (χ4n) is 3.29. The monoisotopic (exact) mass is 432 g/mol. The summed E-state index contributed by atoms with van der Waals surface area (Å²) in [7, 11) is 1.64. The van der Waals surface area contributed by atoms with Gasteiger partial charge in [0, 0.05) is 13.6 Å². The van der Waals surface area contributed by atoms with Crippen molar-refractivity contribution in [1.29, 1.82) is 0 Å². The van der Waals surface area contributed by atoms with E-state index < -0.39 is 5.91 Å². The Hall–Kier alpha value is -4.07. The zero-order valence-electron chi connectivity index (χ0n) is 17.9. The van der Waals surface area contributed by atoms with E-state index in [1.54, 1.807) is 19.2 Å². The Morgan fingerprint density at radius 3 is 2.69 bits per heavy atom. The van der Waals surface area contributed by atoms with Crippen molar-refractivity contribution in [3.8, 4) is 5.75 Å². The number of ether oxygens (including phenoxy) is 1. The molecule has 0 saturated heterocycles. The fraction of sp³-hybridized carbons (Fsp3) is 0.208. The maximum absolute atomic E-state index is 12.6. The Balaban J connectivity index is 1.40. The summed E-state index contributed by atoms with van der Waals surface area (Å²) in [4.78, 5) is 25.0. The lowest BCUT2D eigenvalue weighted by Crippen LogP contribution is -2.27. The summed E-state index contributed by atoms with van der Waals surface area (Å²) in [6, 6.07) is 17.1. The number of carbonyl (C=O) groups excluding carboxylic acids is 2. The summed E-state index contributed by atoms with van der Waals surface area (Å²) in [5.74, 6) is 0.566. The van der Waals surface area contributed by atoms with Crippen molar-refractivity contribution in [3.05, 3.63) is 78.0 Å². The lowest BCUT2D eigenvalue weighted by Gasteiger charge is -2.07. The second kappa shape index (κ2) is 9.38. The number of aromatic nitrogens is 2. The maximum Gasteiger partial charge on any atom is 0.291 e.